The molecular weight excluding hydrogens is 414 g/mol. The molecule has 1 N–H and O–H groups in total. The molecule has 4 rings (SSSR count). The Balaban J connectivity index is 1.76. The molecule has 1 aromatic carbocycles. The van der Waals surface area contributed by atoms with E-state index in [1.54, 1.807) is 15.9 Å². The molecule has 0 spiro atoms. The number of nitrogens with zero attached hydrogens (tertiary/aromatic N) is 2. The van der Waals surface area contributed by atoms with Gasteiger partial charge in [0.1, 0.15) is 4.83 Å². The maximum Gasteiger partial charge on any atom is 0.267 e. The number of carbonyl (C=O) groups excluding carboxylic acids is 1. The van der Waals surface area contributed by atoms with Crippen molar-refractivity contribution < 1.29 is 4.79 Å². The van der Waals surface area contributed by atoms with Crippen LogP contribution in [0.2, 0.25) is 0 Å². The summed E-state index contributed by atoms with van der Waals surface area (Å²) in [5, 5.41) is 4.30. The van der Waals surface area contributed by atoms with Gasteiger partial charge in [0, 0.05) is 11.4 Å². The van der Waals surface area contributed by atoms with Gasteiger partial charge in [-0.3, -0.25) is 14.2 Å². The summed E-state index contributed by atoms with van der Waals surface area (Å²) < 4.78 is 1.70. The van der Waals surface area contributed by atoms with E-state index < -0.39 is 0 Å². The first-order chi connectivity index (χ1) is 14.6. The third-order valence-corrected chi connectivity index (χ3v) is 7.53. The number of thiophene rings is 1. The maximum absolute atomic E-state index is 13.7. The second-order valence-corrected chi connectivity index (χ2v) is 9.78. The van der Waals surface area contributed by atoms with Crippen LogP contribution in [-0.4, -0.2) is 27.8 Å². The molecule has 0 fully saturated rings. The molecule has 158 valence electrons. The molecule has 1 aliphatic carbocycles. The van der Waals surface area contributed by atoms with Gasteiger partial charge in [-0.1, -0.05) is 37.2 Å². The number of nitrogens with one attached hydrogen (secondary N) is 1. The summed E-state index contributed by atoms with van der Waals surface area (Å²) in [6, 6.07) is 7.91. The highest BCUT2D eigenvalue weighted by Crippen LogP contribution is 2.35. The lowest BCUT2D eigenvalue weighted by Gasteiger charge is -2.14. The van der Waals surface area contributed by atoms with Gasteiger partial charge in [0.15, 0.2) is 5.16 Å². The number of hydrogen-bond donors (Lipinski definition) is 1. The summed E-state index contributed by atoms with van der Waals surface area (Å²) >= 11 is 2.98. The van der Waals surface area contributed by atoms with Crippen molar-refractivity contribution in [3.63, 3.8) is 0 Å². The van der Waals surface area contributed by atoms with E-state index in [0.717, 1.165) is 53.6 Å². The zero-order valence-electron chi connectivity index (χ0n) is 17.5. The Kier molecular flexibility index (Phi) is 6.58. The molecule has 0 saturated heterocycles. The van der Waals surface area contributed by atoms with Crippen molar-refractivity contribution in [3.05, 3.63) is 50.6 Å². The minimum absolute atomic E-state index is 0.0149. The Labute approximate surface area is 184 Å². The first-order valence-electron chi connectivity index (χ1n) is 10.6. The fraction of sp³-hybridized carbons (Fsp3) is 0.435. The molecule has 1 aliphatic rings. The monoisotopic (exact) mass is 441 g/mol. The molecule has 2 aromatic heterocycles. The van der Waals surface area contributed by atoms with Gasteiger partial charge in [-0.25, -0.2) is 4.98 Å². The standard InChI is InChI=1S/C23H27N3O2S2/c1-3-4-12-24-19(27)14-29-23-25-21-20(17-10-5-6-11-18(17)30-21)22(28)26(23)16-9-7-8-15(2)13-16/h7-9,13H,3-6,10-12,14H2,1-2H3,(H,24,27). The third-order valence-electron chi connectivity index (χ3n) is 5.40. The molecule has 0 atom stereocenters. The van der Waals surface area contributed by atoms with Gasteiger partial charge in [0.2, 0.25) is 5.91 Å². The zero-order valence-corrected chi connectivity index (χ0v) is 19.1. The Morgan fingerprint density at radius 3 is 2.93 bits per heavy atom. The van der Waals surface area contributed by atoms with E-state index in [4.69, 9.17) is 4.98 Å². The molecule has 3 aromatic rings. The third kappa shape index (κ3) is 4.32. The highest BCUT2D eigenvalue weighted by atomic mass is 32.2. The summed E-state index contributed by atoms with van der Waals surface area (Å²) in [5.41, 5.74) is 3.06. The van der Waals surface area contributed by atoms with Crippen LogP contribution in [0, 0.1) is 6.92 Å². The van der Waals surface area contributed by atoms with Gasteiger partial charge >= 0.3 is 0 Å². The van der Waals surface area contributed by atoms with Crippen molar-refractivity contribution in [3.8, 4) is 5.69 Å². The quantitative estimate of drug-likeness (QED) is 0.329. The number of unbranched alkanes of at least 4 members (excludes halogenated alkanes) is 1. The number of amides is 1. The Morgan fingerprint density at radius 1 is 1.30 bits per heavy atom. The van der Waals surface area contributed by atoms with Crippen LogP contribution in [0.3, 0.4) is 0 Å². The molecule has 0 radical (unpaired) electrons. The van der Waals surface area contributed by atoms with E-state index >= 15 is 0 Å². The van der Waals surface area contributed by atoms with E-state index in [2.05, 4.69) is 12.2 Å². The summed E-state index contributed by atoms with van der Waals surface area (Å²) in [4.78, 5) is 32.9. The Morgan fingerprint density at radius 2 is 2.13 bits per heavy atom. The molecular formula is C23H27N3O2S2. The topological polar surface area (TPSA) is 64.0 Å². The lowest BCUT2D eigenvalue weighted by atomic mass is 9.97. The number of thioether (sulfide) groups is 1. The lowest BCUT2D eigenvalue weighted by Crippen LogP contribution is -2.27. The summed E-state index contributed by atoms with van der Waals surface area (Å²) in [5.74, 6) is 0.225. The van der Waals surface area contributed by atoms with Gasteiger partial charge < -0.3 is 5.32 Å². The molecule has 7 heteroatoms. The van der Waals surface area contributed by atoms with Crippen molar-refractivity contribution in [2.75, 3.05) is 12.3 Å². The second-order valence-electron chi connectivity index (χ2n) is 7.76. The number of fused-ring (bicyclic) bond motifs is 3. The first-order valence-corrected chi connectivity index (χ1v) is 12.4. The van der Waals surface area contributed by atoms with Crippen molar-refractivity contribution in [2.45, 2.75) is 57.5 Å². The molecule has 1 amide bonds. The molecule has 2 heterocycles. The van der Waals surface area contributed by atoms with E-state index in [1.807, 2.05) is 31.2 Å². The fourth-order valence-electron chi connectivity index (χ4n) is 3.86. The maximum atomic E-state index is 13.7. The molecule has 0 aliphatic heterocycles. The van der Waals surface area contributed by atoms with Gasteiger partial charge in [0.25, 0.3) is 5.56 Å². The number of aromatic nitrogens is 2. The molecule has 0 saturated carbocycles. The van der Waals surface area contributed by atoms with E-state index in [-0.39, 0.29) is 17.2 Å². The Hall–Kier alpha value is -2.12. The number of rotatable bonds is 7. The smallest absolute Gasteiger partial charge is 0.267 e. The first kappa shape index (κ1) is 21.1. The van der Waals surface area contributed by atoms with Gasteiger partial charge in [0.05, 0.1) is 16.8 Å². The van der Waals surface area contributed by atoms with Crippen LogP contribution in [0.15, 0.2) is 34.2 Å². The van der Waals surface area contributed by atoms with Crippen LogP contribution < -0.4 is 10.9 Å². The summed E-state index contributed by atoms with van der Waals surface area (Å²) in [6.07, 6.45) is 6.29. The predicted octanol–water partition coefficient (Wildman–Crippen LogP) is 4.64. The van der Waals surface area contributed by atoms with Crippen LogP contribution in [0.4, 0.5) is 0 Å². The average Bonchev–Trinajstić information content (AvgIpc) is 3.11. The second kappa shape index (κ2) is 9.35. The number of hydrogen-bond acceptors (Lipinski definition) is 5. The van der Waals surface area contributed by atoms with E-state index in [9.17, 15) is 9.59 Å². The minimum atomic E-state index is -0.0240. The lowest BCUT2D eigenvalue weighted by molar-refractivity contribution is -0.118. The number of aryl methyl sites for hydroxylation is 3. The SMILES string of the molecule is CCCCNC(=O)CSc1nc2sc3c(c2c(=O)n1-c1cccc(C)c1)CCCC3. The van der Waals surface area contributed by atoms with E-state index in [0.29, 0.717) is 11.7 Å². The summed E-state index contributed by atoms with van der Waals surface area (Å²) in [6.45, 7) is 4.80. The number of benzene rings is 1. The predicted molar refractivity (Wildman–Crippen MR) is 125 cm³/mol. The Bertz CT molecular complexity index is 1130. The zero-order chi connectivity index (χ0) is 21.1. The van der Waals surface area contributed by atoms with Crippen LogP contribution >= 0.6 is 23.1 Å². The molecule has 0 unspecified atom stereocenters. The highest BCUT2D eigenvalue weighted by molar-refractivity contribution is 7.99. The van der Waals surface area contributed by atoms with Gasteiger partial charge in [-0.05, 0) is 62.3 Å². The fourth-order valence-corrected chi connectivity index (χ4v) is 6.01. The largest absolute Gasteiger partial charge is 0.355 e. The highest BCUT2D eigenvalue weighted by Gasteiger charge is 2.23. The van der Waals surface area contributed by atoms with Crippen molar-refractivity contribution in [2.24, 2.45) is 0 Å². The normalized spacial score (nSPS) is 13.4. The van der Waals surface area contributed by atoms with Gasteiger partial charge in [-0.15, -0.1) is 11.3 Å². The molecule has 0 bridgehead atoms. The van der Waals surface area contributed by atoms with Crippen LogP contribution in [0.1, 0.15) is 48.6 Å². The molecule has 5 nitrogen and oxygen atoms in total. The van der Waals surface area contributed by atoms with Crippen molar-refractivity contribution in [1.29, 1.82) is 0 Å². The van der Waals surface area contributed by atoms with Crippen LogP contribution in [-0.2, 0) is 17.6 Å². The van der Waals surface area contributed by atoms with Crippen LogP contribution in [0.5, 0.6) is 0 Å². The average molecular weight is 442 g/mol. The van der Waals surface area contributed by atoms with Crippen LogP contribution in [0.25, 0.3) is 15.9 Å². The van der Waals surface area contributed by atoms with Crippen molar-refractivity contribution in [1.82, 2.24) is 14.9 Å². The number of carbonyl (C=O) groups is 1. The molecule has 30 heavy (non-hydrogen) atoms. The van der Waals surface area contributed by atoms with Crippen molar-refractivity contribution >= 4 is 39.2 Å². The van der Waals surface area contributed by atoms with E-state index in [1.165, 1.54) is 28.6 Å². The minimum Gasteiger partial charge on any atom is -0.355 e. The van der Waals surface area contributed by atoms with Gasteiger partial charge in [-0.2, -0.15) is 0 Å². The summed E-state index contributed by atoms with van der Waals surface area (Å²) in [7, 11) is 0.